The minimum atomic E-state index is -4.73. The molecule has 18 heteroatoms. The van der Waals surface area contributed by atoms with Crippen molar-refractivity contribution in [1.82, 2.24) is 35.3 Å². The molecule has 1 saturated carbocycles. The molecule has 0 unspecified atom stereocenters. The van der Waals surface area contributed by atoms with Gasteiger partial charge in [-0.15, -0.1) is 0 Å². The number of carbonyl (C=O) groups excluding carboxylic acids is 2. The average Bonchev–Trinajstić information content (AvgIpc) is 3.63. The zero-order chi connectivity index (χ0) is 38.5. The maximum atomic E-state index is 14.9. The minimum absolute atomic E-state index is 0.0434. The van der Waals surface area contributed by atoms with Gasteiger partial charge < -0.3 is 15.4 Å². The smallest absolute Gasteiger partial charge is 0.411 e. The van der Waals surface area contributed by atoms with Crippen LogP contribution in [0.2, 0.25) is 5.02 Å². The summed E-state index contributed by atoms with van der Waals surface area (Å²) < 4.78 is 88.2. The Kier molecular flexibility index (Phi) is 9.68. The van der Waals surface area contributed by atoms with Crippen LogP contribution < -0.4 is 10.6 Å². The molecule has 11 nitrogen and oxygen atoms in total. The van der Waals surface area contributed by atoms with Crippen molar-refractivity contribution < 1.29 is 40.7 Å². The molecule has 0 bridgehead atoms. The molecule has 1 saturated heterocycles. The number of aromatic nitrogens is 4. The number of alkyl halides is 5. The van der Waals surface area contributed by atoms with Crippen LogP contribution >= 0.6 is 11.6 Å². The van der Waals surface area contributed by atoms with Crippen LogP contribution in [0, 0.1) is 16.6 Å². The number of halogens is 7. The van der Waals surface area contributed by atoms with Gasteiger partial charge in [-0.3, -0.25) is 20.1 Å². The molecule has 2 atom stereocenters. The number of pyridine rings is 1. The van der Waals surface area contributed by atoms with Crippen LogP contribution in [-0.2, 0) is 15.1 Å². The molecule has 2 aromatic carbocycles. The van der Waals surface area contributed by atoms with Gasteiger partial charge in [0, 0.05) is 5.56 Å². The minimum Gasteiger partial charge on any atom is -0.447 e. The third-order valence-electron chi connectivity index (χ3n) is 9.02. The number of amides is 2. The van der Waals surface area contributed by atoms with Gasteiger partial charge in [-0.05, 0) is 60.1 Å². The topological polar surface area (TPSA) is 138 Å². The quantitative estimate of drug-likeness (QED) is 0.141. The first kappa shape index (κ1) is 37.6. The maximum Gasteiger partial charge on any atom is 0.411 e. The maximum absolute atomic E-state index is 14.9. The van der Waals surface area contributed by atoms with Crippen molar-refractivity contribution in [1.29, 1.82) is 5.41 Å². The van der Waals surface area contributed by atoms with Gasteiger partial charge in [0.05, 0.1) is 28.6 Å². The summed E-state index contributed by atoms with van der Waals surface area (Å²) in [5, 5.41) is 17.8. The van der Waals surface area contributed by atoms with Crippen molar-refractivity contribution in [3.05, 3.63) is 94.9 Å². The molecule has 4 aromatic rings. The third kappa shape index (κ3) is 7.39. The molecule has 53 heavy (non-hydrogen) atoms. The Morgan fingerprint density at radius 2 is 1.77 bits per heavy atom. The first-order valence-corrected chi connectivity index (χ1v) is 16.6. The lowest BCUT2D eigenvalue weighted by atomic mass is 9.75. The predicted molar refractivity (Wildman–Crippen MR) is 180 cm³/mol. The van der Waals surface area contributed by atoms with Gasteiger partial charge in [0.1, 0.15) is 29.8 Å². The number of hydrogen-bond acceptors (Lipinski definition) is 7. The summed E-state index contributed by atoms with van der Waals surface area (Å²) in [6, 6.07) is 12.1. The van der Waals surface area contributed by atoms with E-state index in [4.69, 9.17) is 21.7 Å². The number of alkyl carbamates (subject to hydrolysis) is 1. The Labute approximate surface area is 304 Å². The van der Waals surface area contributed by atoms with Crippen LogP contribution in [-0.4, -0.2) is 60.9 Å². The molecule has 1 aliphatic carbocycles. The first-order valence-electron chi connectivity index (χ1n) is 16.3. The zero-order valence-electron chi connectivity index (χ0n) is 28.4. The van der Waals surface area contributed by atoms with E-state index in [1.165, 1.54) is 30.3 Å². The third-order valence-corrected chi connectivity index (χ3v) is 9.34. The number of rotatable bonds is 10. The number of ether oxygens (including phenoxy) is 1. The highest BCUT2D eigenvalue weighted by atomic mass is 35.5. The molecule has 6 rings (SSSR count). The molecule has 0 radical (unpaired) electrons. The SMILES string of the molecule is CC(C)(C)C[C@]1(c2ccc(-c3ccc(F)cn3)cc2)NC(=N)N([C@H](COC(=O)NC2(C(F)(F)F)CC2)c2ccc(Cl)c(-n3ncnc3C(F)F)c2)C1=O. The fourth-order valence-electron chi connectivity index (χ4n) is 6.40. The van der Waals surface area contributed by atoms with E-state index >= 15 is 0 Å². The van der Waals surface area contributed by atoms with Crippen molar-refractivity contribution in [2.75, 3.05) is 6.61 Å². The molecule has 2 fully saturated rings. The van der Waals surface area contributed by atoms with Crippen LogP contribution in [0.25, 0.3) is 16.9 Å². The normalized spacial score (nSPS) is 19.0. The molecular weight excluding hydrogens is 730 g/mol. The Hall–Kier alpha value is -5.19. The van der Waals surface area contributed by atoms with E-state index < -0.39 is 71.3 Å². The highest BCUT2D eigenvalue weighted by Crippen LogP contribution is 2.49. The molecule has 0 spiro atoms. The predicted octanol–water partition coefficient (Wildman–Crippen LogP) is 7.62. The fraction of sp³-hybridized carbons (Fsp3) is 0.371. The monoisotopic (exact) mass is 762 g/mol. The summed E-state index contributed by atoms with van der Waals surface area (Å²) in [5.41, 5.74) is -3.00. The summed E-state index contributed by atoms with van der Waals surface area (Å²) in [4.78, 5) is 36.4. The fourth-order valence-corrected chi connectivity index (χ4v) is 6.60. The number of hydrogen-bond donors (Lipinski definition) is 3. The van der Waals surface area contributed by atoms with Crippen LogP contribution in [0.1, 0.15) is 69.5 Å². The second-order valence-corrected chi connectivity index (χ2v) is 14.5. The highest BCUT2D eigenvalue weighted by Gasteiger charge is 2.64. The van der Waals surface area contributed by atoms with Crippen molar-refractivity contribution >= 4 is 29.6 Å². The standard InChI is InChI=1S/C35H33ClF6N8O3/c1-32(2,3)17-34(21-7-4-19(5-8-21)24-11-9-22(37)15-44-24)29(51)49(30(43)47-34)26(16-53-31(52)48-33(12-13-33)35(40,41)42)20-6-10-23(36)25(14-20)50-28(27(38)39)45-18-46-50/h4-11,14-15,18,26-27H,12-13,16-17H2,1-3H3,(H2,43,47)(H,48,52)/t26-,34-/m1/s1. The largest absolute Gasteiger partial charge is 0.447 e. The van der Waals surface area contributed by atoms with E-state index in [1.54, 1.807) is 24.3 Å². The van der Waals surface area contributed by atoms with E-state index in [1.807, 2.05) is 26.1 Å². The van der Waals surface area contributed by atoms with Crippen LogP contribution in [0.5, 0.6) is 0 Å². The second-order valence-electron chi connectivity index (χ2n) is 14.1. The second kappa shape index (κ2) is 13.7. The molecule has 280 valence electrons. The summed E-state index contributed by atoms with van der Waals surface area (Å²) in [6.07, 6.45) is -7.78. The average molecular weight is 763 g/mol. The van der Waals surface area contributed by atoms with Crippen molar-refractivity contribution in [3.63, 3.8) is 0 Å². The number of carbonyl (C=O) groups is 2. The highest BCUT2D eigenvalue weighted by molar-refractivity contribution is 6.32. The number of benzene rings is 2. The molecule has 3 N–H and O–H groups in total. The van der Waals surface area contributed by atoms with Gasteiger partial charge in [0.15, 0.2) is 11.8 Å². The lowest BCUT2D eigenvalue weighted by Crippen LogP contribution is -2.49. The summed E-state index contributed by atoms with van der Waals surface area (Å²) >= 11 is 6.40. The van der Waals surface area contributed by atoms with Gasteiger partial charge in [-0.25, -0.2) is 27.6 Å². The van der Waals surface area contributed by atoms with Crippen LogP contribution in [0.15, 0.2) is 67.1 Å². The number of guanidine groups is 1. The molecule has 2 aromatic heterocycles. The van der Waals surface area contributed by atoms with Crippen molar-refractivity contribution in [2.45, 2.75) is 69.8 Å². The molecule has 2 aliphatic rings. The van der Waals surface area contributed by atoms with Gasteiger partial charge in [0.25, 0.3) is 12.3 Å². The van der Waals surface area contributed by atoms with E-state index in [0.29, 0.717) is 16.8 Å². The van der Waals surface area contributed by atoms with E-state index in [9.17, 15) is 35.9 Å². The summed E-state index contributed by atoms with van der Waals surface area (Å²) in [6.45, 7) is 4.90. The van der Waals surface area contributed by atoms with Crippen molar-refractivity contribution in [3.8, 4) is 16.9 Å². The number of nitrogens with one attached hydrogen (secondary N) is 3. The lowest BCUT2D eigenvalue weighted by Gasteiger charge is -2.35. The van der Waals surface area contributed by atoms with Gasteiger partial charge in [-0.2, -0.15) is 18.3 Å². The van der Waals surface area contributed by atoms with Gasteiger partial charge in [-0.1, -0.05) is 62.7 Å². The molecule has 1 aliphatic heterocycles. The molecule has 3 heterocycles. The Morgan fingerprint density at radius 3 is 2.36 bits per heavy atom. The van der Waals surface area contributed by atoms with Gasteiger partial charge in [0.2, 0.25) is 0 Å². The number of nitrogens with zero attached hydrogens (tertiary/aromatic N) is 5. The van der Waals surface area contributed by atoms with Crippen LogP contribution in [0.3, 0.4) is 0 Å². The van der Waals surface area contributed by atoms with Crippen molar-refractivity contribution in [2.24, 2.45) is 5.41 Å². The Bertz CT molecular complexity index is 2030. The zero-order valence-corrected chi connectivity index (χ0v) is 29.2. The van der Waals surface area contributed by atoms with E-state index in [-0.39, 0.29) is 35.5 Å². The summed E-state index contributed by atoms with van der Waals surface area (Å²) in [5.74, 6) is -2.36. The van der Waals surface area contributed by atoms with Crippen LogP contribution in [0.4, 0.5) is 31.1 Å². The van der Waals surface area contributed by atoms with E-state index in [0.717, 1.165) is 22.1 Å². The molecular formula is C35H33ClF6N8O3. The first-order chi connectivity index (χ1) is 24.8. The van der Waals surface area contributed by atoms with E-state index in [2.05, 4.69) is 20.4 Å². The van der Waals surface area contributed by atoms with Gasteiger partial charge >= 0.3 is 12.3 Å². The summed E-state index contributed by atoms with van der Waals surface area (Å²) in [7, 11) is 0. The Balaban J connectivity index is 1.40. The Morgan fingerprint density at radius 1 is 1.08 bits per heavy atom. The molecule has 2 amide bonds. The lowest BCUT2D eigenvalue weighted by molar-refractivity contribution is -0.164.